The van der Waals surface area contributed by atoms with Crippen LogP contribution in [0.2, 0.25) is 0 Å². The molecule has 4 aromatic heterocycles. The van der Waals surface area contributed by atoms with Crippen LogP contribution in [0.15, 0.2) is 153 Å². The number of fused-ring (bicyclic) bond motifs is 17. The highest BCUT2D eigenvalue weighted by molar-refractivity contribution is 6.94. The average molecular weight is 801 g/mol. The Bertz CT molecular complexity index is 3960. The maximum atomic E-state index is 6.79. The molecule has 5 nitrogen and oxygen atoms in total. The first-order valence-corrected chi connectivity index (χ1v) is 21.8. The average Bonchev–Trinajstić information content (AvgIpc) is 4.01. The van der Waals surface area contributed by atoms with E-state index in [0.717, 1.165) is 88.4 Å². The largest absolute Gasteiger partial charge is 0.456 e. The minimum Gasteiger partial charge on any atom is -0.456 e. The van der Waals surface area contributed by atoms with Crippen molar-refractivity contribution in [2.24, 2.45) is 0 Å². The van der Waals surface area contributed by atoms with Gasteiger partial charge in [0, 0.05) is 83.9 Å². The summed E-state index contributed by atoms with van der Waals surface area (Å²) < 4.78 is 22.5. The molecule has 0 saturated carbocycles. The third-order valence-electron chi connectivity index (χ3n) is 14.1. The number of hydrogen-bond acceptors (Lipinski definition) is 4. The fourth-order valence-corrected chi connectivity index (χ4v) is 11.0. The third-order valence-corrected chi connectivity index (χ3v) is 14.1. The minimum absolute atomic E-state index is 0.00426. The number of benzene rings is 8. The number of furan rings is 3. The molecule has 2 aliphatic rings. The third kappa shape index (κ3) is 4.44. The molecule has 0 unspecified atom stereocenters. The van der Waals surface area contributed by atoms with Crippen molar-refractivity contribution in [2.45, 2.75) is 52.4 Å². The van der Waals surface area contributed by atoms with Crippen molar-refractivity contribution < 1.29 is 13.3 Å². The molecule has 14 rings (SSSR count). The van der Waals surface area contributed by atoms with Crippen LogP contribution < -0.4 is 15.7 Å². The molecule has 0 radical (unpaired) electrons. The Kier molecular flexibility index (Phi) is 6.34. The van der Waals surface area contributed by atoms with E-state index < -0.39 is 0 Å². The van der Waals surface area contributed by atoms with Crippen molar-refractivity contribution in [3.63, 3.8) is 0 Å². The van der Waals surface area contributed by atoms with E-state index in [1.54, 1.807) is 0 Å². The summed E-state index contributed by atoms with van der Waals surface area (Å²) in [7, 11) is 0. The number of rotatable bonds is 1. The summed E-state index contributed by atoms with van der Waals surface area (Å²) in [6, 6.07) is 51.5. The van der Waals surface area contributed by atoms with Gasteiger partial charge in [0.1, 0.15) is 33.5 Å². The van der Waals surface area contributed by atoms with Crippen LogP contribution >= 0.6 is 0 Å². The molecular weight excluding hydrogens is 759 g/mol. The van der Waals surface area contributed by atoms with E-state index in [2.05, 4.69) is 184 Å². The number of anilines is 2. The summed E-state index contributed by atoms with van der Waals surface area (Å²) >= 11 is 0. The normalized spacial score (nSPS) is 13.9. The molecule has 0 fully saturated rings. The summed E-state index contributed by atoms with van der Waals surface area (Å²) in [4.78, 5) is 2.59. The van der Waals surface area contributed by atoms with Crippen molar-refractivity contribution in [2.75, 3.05) is 4.81 Å². The van der Waals surface area contributed by atoms with Gasteiger partial charge in [-0.05, 0) is 87.0 Å². The van der Waals surface area contributed by atoms with Crippen molar-refractivity contribution in [3.8, 4) is 16.8 Å². The molecule has 0 spiro atoms. The highest BCUT2D eigenvalue weighted by atomic mass is 16.3. The summed E-state index contributed by atoms with van der Waals surface area (Å²) in [5.41, 5.74) is 18.6. The molecule has 12 aromatic rings. The SMILES string of the molecule is CC(C)(C)c1ccc(N2B3c4cc5c(cc4-n4c6cc7oc8ccccc8c7cc6c6ccc(c3c64)-c3cc4c(cc32)oc2ccc(C(C)(C)C)cc24)oc2ccccc25)cc1. The van der Waals surface area contributed by atoms with E-state index in [9.17, 15) is 0 Å². The predicted molar refractivity (Wildman–Crippen MR) is 259 cm³/mol. The fraction of sp³-hybridized carbons (Fsp3) is 0.143. The maximum absolute atomic E-state index is 6.79. The number of hydrogen-bond donors (Lipinski definition) is 0. The van der Waals surface area contributed by atoms with Gasteiger partial charge < -0.3 is 22.6 Å². The first kappa shape index (κ1) is 34.5. The van der Waals surface area contributed by atoms with Gasteiger partial charge in [-0.1, -0.05) is 114 Å². The van der Waals surface area contributed by atoms with Gasteiger partial charge in [0.05, 0.1) is 11.0 Å². The van der Waals surface area contributed by atoms with Gasteiger partial charge in [0.2, 0.25) is 0 Å². The van der Waals surface area contributed by atoms with Crippen LogP contribution in [-0.4, -0.2) is 11.4 Å². The Morgan fingerprint density at radius 2 is 1.00 bits per heavy atom. The molecule has 0 N–H and O–H groups in total. The second-order valence-corrected chi connectivity index (χ2v) is 19.7. The van der Waals surface area contributed by atoms with Crippen LogP contribution in [0.1, 0.15) is 52.7 Å². The summed E-state index contributed by atoms with van der Waals surface area (Å²) in [5.74, 6) is 0. The highest BCUT2D eigenvalue weighted by Crippen LogP contribution is 2.49. The number of aromatic nitrogens is 1. The minimum atomic E-state index is -0.162. The Morgan fingerprint density at radius 1 is 0.419 bits per heavy atom. The molecule has 62 heavy (non-hydrogen) atoms. The first-order valence-electron chi connectivity index (χ1n) is 21.8. The van der Waals surface area contributed by atoms with Crippen LogP contribution in [0.4, 0.5) is 11.4 Å². The van der Waals surface area contributed by atoms with E-state index in [1.807, 2.05) is 6.07 Å². The summed E-state index contributed by atoms with van der Waals surface area (Å²) in [6.07, 6.45) is 0. The van der Waals surface area contributed by atoms with Crippen LogP contribution in [0.5, 0.6) is 0 Å². The van der Waals surface area contributed by atoms with Crippen LogP contribution in [0.25, 0.3) is 104 Å². The van der Waals surface area contributed by atoms with Gasteiger partial charge >= 0.3 is 6.85 Å². The van der Waals surface area contributed by atoms with Gasteiger partial charge in [0.25, 0.3) is 0 Å². The molecule has 296 valence electrons. The van der Waals surface area contributed by atoms with E-state index in [1.165, 1.54) is 49.5 Å². The second kappa shape index (κ2) is 11.4. The van der Waals surface area contributed by atoms with E-state index >= 15 is 0 Å². The van der Waals surface area contributed by atoms with Crippen LogP contribution in [-0.2, 0) is 10.8 Å². The smallest absolute Gasteiger partial charge is 0.333 e. The Balaban J connectivity index is 1.15. The Morgan fingerprint density at radius 3 is 1.69 bits per heavy atom. The van der Waals surface area contributed by atoms with Gasteiger partial charge in [-0.25, -0.2) is 0 Å². The Hall–Kier alpha value is -7.18. The first-order chi connectivity index (χ1) is 30.0. The monoisotopic (exact) mass is 800 g/mol. The van der Waals surface area contributed by atoms with Crippen molar-refractivity contribution in [1.29, 1.82) is 0 Å². The molecule has 6 heteroatoms. The molecule has 0 atom stereocenters. The van der Waals surface area contributed by atoms with Gasteiger partial charge in [0.15, 0.2) is 0 Å². The van der Waals surface area contributed by atoms with Crippen LogP contribution in [0.3, 0.4) is 0 Å². The fourth-order valence-electron chi connectivity index (χ4n) is 11.0. The molecule has 0 bridgehead atoms. The lowest BCUT2D eigenvalue weighted by Crippen LogP contribution is -2.60. The molecule has 0 amide bonds. The van der Waals surface area contributed by atoms with E-state index in [4.69, 9.17) is 13.3 Å². The molecule has 0 aliphatic carbocycles. The van der Waals surface area contributed by atoms with Crippen molar-refractivity contribution >= 4 is 117 Å². The molecule has 8 aromatic carbocycles. The lowest BCUT2D eigenvalue weighted by atomic mass is 9.44. The lowest BCUT2D eigenvalue weighted by molar-refractivity contribution is 0.590. The van der Waals surface area contributed by atoms with Crippen molar-refractivity contribution in [3.05, 3.63) is 151 Å². The lowest BCUT2D eigenvalue weighted by Gasteiger charge is -2.42. The van der Waals surface area contributed by atoms with Gasteiger partial charge in [-0.15, -0.1) is 0 Å². The quantitative estimate of drug-likeness (QED) is 0.155. The maximum Gasteiger partial charge on any atom is 0.333 e. The molecule has 2 aliphatic heterocycles. The van der Waals surface area contributed by atoms with E-state index in [-0.39, 0.29) is 17.7 Å². The topological polar surface area (TPSA) is 47.6 Å². The van der Waals surface area contributed by atoms with Gasteiger partial charge in [-0.2, -0.15) is 0 Å². The Labute approximate surface area is 357 Å². The molecule has 6 heterocycles. The highest BCUT2D eigenvalue weighted by Gasteiger charge is 2.45. The molecule has 0 saturated heterocycles. The zero-order chi connectivity index (χ0) is 41.6. The number of nitrogens with zero attached hydrogens (tertiary/aromatic N) is 2. The number of para-hydroxylation sites is 2. The summed E-state index contributed by atoms with van der Waals surface area (Å²) in [6.45, 7) is 13.5. The predicted octanol–water partition coefficient (Wildman–Crippen LogP) is 14.3. The molecular formula is C56H41BN2O3. The zero-order valence-corrected chi connectivity index (χ0v) is 35.5. The second-order valence-electron chi connectivity index (χ2n) is 19.7. The standard InChI is InChI=1S/C56H41BN2O3/c1-55(2,3)30-15-18-32(19-16-30)59-45-28-51-41(39-23-31(56(4,5)6)17-22-49(39)62-51)24-37(45)35-20-21-36-38-25-40-33-11-7-9-13-47(33)60-50(40)27-44(38)58-46-29-52-42(34-12-8-10-14-48(34)61-52)26-43(46)57(59)53(35)54(36)58/h7-29H,1-6H3. The van der Waals surface area contributed by atoms with E-state index in [0.29, 0.717) is 0 Å². The zero-order valence-electron chi connectivity index (χ0n) is 35.5. The van der Waals surface area contributed by atoms with Crippen LogP contribution in [0, 0.1) is 0 Å². The summed E-state index contributed by atoms with van der Waals surface area (Å²) in [5, 5.41) is 9.20. The van der Waals surface area contributed by atoms with Gasteiger partial charge in [-0.3, -0.25) is 0 Å². The van der Waals surface area contributed by atoms with Crippen molar-refractivity contribution in [1.82, 2.24) is 4.57 Å².